The van der Waals surface area contributed by atoms with E-state index in [2.05, 4.69) is 62.5 Å². The molecule has 0 aromatic rings. The minimum absolute atomic E-state index is 0.0676. The smallest absolute Gasteiger partial charge is 0.306 e. The molecular formula is C59H111NO5. The summed E-state index contributed by atoms with van der Waals surface area (Å²) in [6.45, 7) is 6.48. The summed E-state index contributed by atoms with van der Waals surface area (Å²) in [4.78, 5) is 26.3. The largest absolute Gasteiger partial charge is 0.462 e. The van der Waals surface area contributed by atoms with Gasteiger partial charge in [0.05, 0.1) is 25.2 Å². The number of rotatable bonds is 52. The maximum Gasteiger partial charge on any atom is 0.306 e. The molecule has 3 N–H and O–H groups in total. The molecule has 382 valence electrons. The first-order valence-corrected chi connectivity index (χ1v) is 28.7. The zero-order valence-corrected chi connectivity index (χ0v) is 43.6. The Morgan fingerprint density at radius 1 is 0.446 bits per heavy atom. The van der Waals surface area contributed by atoms with E-state index in [-0.39, 0.29) is 24.9 Å². The summed E-state index contributed by atoms with van der Waals surface area (Å²) in [5.74, 6) is -0.484. The van der Waals surface area contributed by atoms with Crippen LogP contribution >= 0.6 is 0 Å². The lowest BCUT2D eigenvalue weighted by atomic mass is 10.0. The average molecular weight is 915 g/mol. The van der Waals surface area contributed by atoms with Crippen molar-refractivity contribution < 1.29 is 24.5 Å². The first kappa shape index (κ1) is 63.1. The van der Waals surface area contributed by atoms with E-state index in [4.69, 9.17) is 4.74 Å². The van der Waals surface area contributed by atoms with Crippen LogP contribution in [0.2, 0.25) is 0 Å². The van der Waals surface area contributed by atoms with Gasteiger partial charge in [-0.2, -0.15) is 0 Å². The van der Waals surface area contributed by atoms with Crippen molar-refractivity contribution in [2.75, 3.05) is 6.61 Å². The van der Waals surface area contributed by atoms with Crippen LogP contribution in [0, 0.1) is 0 Å². The third kappa shape index (κ3) is 48.3. The quantitative estimate of drug-likeness (QED) is 0.0321. The lowest BCUT2D eigenvalue weighted by Crippen LogP contribution is -2.46. The van der Waals surface area contributed by atoms with E-state index in [9.17, 15) is 19.8 Å². The topological polar surface area (TPSA) is 95.9 Å². The molecule has 65 heavy (non-hydrogen) atoms. The molecule has 0 bridgehead atoms. The van der Waals surface area contributed by atoms with Gasteiger partial charge in [-0.25, -0.2) is 0 Å². The second-order valence-corrected chi connectivity index (χ2v) is 19.7. The fourth-order valence-corrected chi connectivity index (χ4v) is 8.81. The summed E-state index contributed by atoms with van der Waals surface area (Å²) in [7, 11) is 0. The van der Waals surface area contributed by atoms with Crippen molar-refractivity contribution in [1.29, 1.82) is 0 Å². The predicted molar refractivity (Wildman–Crippen MR) is 282 cm³/mol. The standard InChI is InChI=1S/C59H111NO5/c1-4-7-10-13-16-19-22-25-27-28-29-31-34-37-40-43-46-49-52-59(64)65-55(50-47-44-41-38-35-33-30-26-23-20-17-14-11-8-5-2)53-58(63)60-56(54-61)57(62)51-48-45-42-39-36-32-24-21-18-15-12-9-6-3/h17,20,26,29-31,55-57,61-62H,4-16,18-19,21-25,27-28,32-54H2,1-3H3,(H,60,63)/b20-17-,30-26-,31-29+. The fraction of sp³-hybridized carbons (Fsp3) is 0.864. The van der Waals surface area contributed by atoms with Gasteiger partial charge in [-0.3, -0.25) is 9.59 Å². The summed E-state index contributed by atoms with van der Waals surface area (Å²) in [5.41, 5.74) is 0. The molecule has 0 saturated heterocycles. The molecule has 0 aliphatic carbocycles. The summed E-state index contributed by atoms with van der Waals surface area (Å²) < 4.78 is 5.95. The highest BCUT2D eigenvalue weighted by Crippen LogP contribution is 2.18. The highest BCUT2D eigenvalue weighted by atomic mass is 16.5. The van der Waals surface area contributed by atoms with Crippen molar-refractivity contribution in [3.63, 3.8) is 0 Å². The number of hydrogen-bond donors (Lipinski definition) is 3. The average Bonchev–Trinajstić information content (AvgIpc) is 3.30. The maximum atomic E-state index is 13.3. The Morgan fingerprint density at radius 2 is 0.785 bits per heavy atom. The number of aliphatic hydroxyl groups is 2. The number of nitrogens with one attached hydrogen (secondary N) is 1. The number of amides is 1. The van der Waals surface area contributed by atoms with Gasteiger partial charge in [0.15, 0.2) is 0 Å². The van der Waals surface area contributed by atoms with Crippen LogP contribution in [0.1, 0.15) is 303 Å². The predicted octanol–water partition coefficient (Wildman–Crippen LogP) is 17.6. The van der Waals surface area contributed by atoms with E-state index in [0.29, 0.717) is 19.3 Å². The molecule has 0 spiro atoms. The van der Waals surface area contributed by atoms with Crippen LogP contribution in [0.3, 0.4) is 0 Å². The number of hydrogen-bond acceptors (Lipinski definition) is 5. The van der Waals surface area contributed by atoms with Gasteiger partial charge in [0, 0.05) is 6.42 Å². The highest BCUT2D eigenvalue weighted by molar-refractivity contribution is 5.77. The van der Waals surface area contributed by atoms with Crippen LogP contribution < -0.4 is 5.32 Å². The number of aliphatic hydroxyl groups excluding tert-OH is 2. The van der Waals surface area contributed by atoms with Gasteiger partial charge in [0.1, 0.15) is 6.10 Å². The maximum absolute atomic E-state index is 13.3. The Kier molecular flexibility index (Phi) is 51.5. The monoisotopic (exact) mass is 914 g/mol. The minimum Gasteiger partial charge on any atom is -0.462 e. The van der Waals surface area contributed by atoms with Crippen LogP contribution in [0.15, 0.2) is 36.5 Å². The number of carbonyl (C=O) groups excluding carboxylic acids is 2. The summed E-state index contributed by atoms with van der Waals surface area (Å²) in [6, 6.07) is -0.706. The molecule has 1 amide bonds. The molecule has 6 nitrogen and oxygen atoms in total. The van der Waals surface area contributed by atoms with Crippen molar-refractivity contribution in [3.05, 3.63) is 36.5 Å². The molecule has 0 aliphatic rings. The van der Waals surface area contributed by atoms with Crippen LogP contribution in [0.4, 0.5) is 0 Å². The molecule has 0 aliphatic heterocycles. The van der Waals surface area contributed by atoms with Crippen molar-refractivity contribution in [1.82, 2.24) is 5.32 Å². The molecule has 0 heterocycles. The molecular weight excluding hydrogens is 803 g/mol. The normalized spacial score (nSPS) is 13.4. The van der Waals surface area contributed by atoms with Gasteiger partial charge in [-0.1, -0.05) is 243 Å². The lowest BCUT2D eigenvalue weighted by Gasteiger charge is -2.24. The zero-order chi connectivity index (χ0) is 47.4. The second-order valence-electron chi connectivity index (χ2n) is 19.7. The fourth-order valence-electron chi connectivity index (χ4n) is 8.81. The first-order valence-electron chi connectivity index (χ1n) is 28.7. The van der Waals surface area contributed by atoms with E-state index in [0.717, 1.165) is 77.0 Å². The van der Waals surface area contributed by atoms with E-state index >= 15 is 0 Å². The van der Waals surface area contributed by atoms with Crippen molar-refractivity contribution in [3.8, 4) is 0 Å². The SMILES string of the molecule is CCCCC/C=C\C/C=C\CCCCCCCC(CC(=O)NC(CO)C(O)CCCCCCCCCCCCCCC)OC(=O)CCCCCCC/C=C/CCCCCCCCCCC. The van der Waals surface area contributed by atoms with Gasteiger partial charge in [-0.05, 0) is 83.5 Å². The number of ether oxygens (including phenoxy) is 1. The number of unbranched alkanes of at least 4 members (excludes halogenated alkanes) is 34. The molecule has 0 fully saturated rings. The third-order valence-corrected chi connectivity index (χ3v) is 13.2. The minimum atomic E-state index is -0.792. The Morgan fingerprint density at radius 3 is 1.22 bits per heavy atom. The molecule has 0 aromatic heterocycles. The van der Waals surface area contributed by atoms with Crippen molar-refractivity contribution in [2.24, 2.45) is 0 Å². The first-order chi connectivity index (χ1) is 32.0. The Balaban J connectivity index is 4.56. The van der Waals surface area contributed by atoms with Crippen LogP contribution in [-0.2, 0) is 14.3 Å². The van der Waals surface area contributed by atoms with E-state index < -0.39 is 18.2 Å². The molecule has 3 atom stereocenters. The summed E-state index contributed by atoms with van der Waals surface area (Å²) >= 11 is 0. The highest BCUT2D eigenvalue weighted by Gasteiger charge is 2.24. The van der Waals surface area contributed by atoms with E-state index in [1.165, 1.54) is 180 Å². The van der Waals surface area contributed by atoms with Crippen molar-refractivity contribution in [2.45, 2.75) is 322 Å². The van der Waals surface area contributed by atoms with E-state index in [1.807, 2.05) is 0 Å². The summed E-state index contributed by atoms with van der Waals surface area (Å²) in [5, 5.41) is 23.8. The van der Waals surface area contributed by atoms with Crippen molar-refractivity contribution >= 4 is 11.9 Å². The summed E-state index contributed by atoms with van der Waals surface area (Å²) in [6.07, 6.45) is 63.5. The Hall–Kier alpha value is -1.92. The number of carbonyl (C=O) groups is 2. The number of allylic oxidation sites excluding steroid dienone is 6. The molecule has 0 aromatic carbocycles. The molecule has 3 unspecified atom stereocenters. The molecule has 6 heteroatoms. The van der Waals surface area contributed by atoms with Gasteiger partial charge in [0.25, 0.3) is 0 Å². The van der Waals surface area contributed by atoms with Crippen LogP contribution in [0.25, 0.3) is 0 Å². The molecule has 0 rings (SSSR count). The third-order valence-electron chi connectivity index (χ3n) is 13.2. The van der Waals surface area contributed by atoms with Gasteiger partial charge in [-0.15, -0.1) is 0 Å². The second kappa shape index (κ2) is 53.0. The van der Waals surface area contributed by atoms with Gasteiger partial charge in [0.2, 0.25) is 5.91 Å². The van der Waals surface area contributed by atoms with Crippen LogP contribution in [-0.4, -0.2) is 46.9 Å². The molecule has 0 radical (unpaired) electrons. The number of esters is 1. The van der Waals surface area contributed by atoms with E-state index in [1.54, 1.807) is 0 Å². The Bertz CT molecular complexity index is 1070. The molecule has 0 saturated carbocycles. The van der Waals surface area contributed by atoms with Gasteiger partial charge >= 0.3 is 5.97 Å². The zero-order valence-electron chi connectivity index (χ0n) is 43.6. The van der Waals surface area contributed by atoms with Gasteiger partial charge < -0.3 is 20.3 Å². The lowest BCUT2D eigenvalue weighted by molar-refractivity contribution is -0.151. The van der Waals surface area contributed by atoms with Crippen LogP contribution in [0.5, 0.6) is 0 Å². The Labute approximate surface area is 404 Å².